The van der Waals surface area contributed by atoms with Crippen LogP contribution in [0.4, 0.5) is 0 Å². The molecule has 43 nitrogen and oxygen atoms in total. The molecule has 0 unspecified atom stereocenters. The van der Waals surface area contributed by atoms with E-state index in [1.165, 1.54) is 36.4 Å². The highest BCUT2D eigenvalue weighted by Crippen LogP contribution is 2.51. The number of carbonyl (C=O) groups is 9. The van der Waals surface area contributed by atoms with Gasteiger partial charge in [0.2, 0.25) is 71.5 Å². The Balaban J connectivity index is 1.04. The minimum Gasteiger partial charge on any atom is -0.508 e. The van der Waals surface area contributed by atoms with Crippen molar-refractivity contribution in [1.82, 2.24) is 52.8 Å². The zero-order valence-corrected chi connectivity index (χ0v) is 80.7. The van der Waals surface area contributed by atoms with Gasteiger partial charge in [0.1, 0.15) is 162 Å². The number of amides is 9. The van der Waals surface area contributed by atoms with E-state index in [0.717, 1.165) is 131 Å². The van der Waals surface area contributed by atoms with Crippen LogP contribution >= 0.6 is 23.2 Å². The fraction of sp³-hybridized carbons (Fsp3) is 0.485. The Morgan fingerprint density at radius 3 is 1.69 bits per heavy atom. The molecular weight excluding hydrogens is 1930 g/mol. The molecule has 25 N–H and O–H groups in total. The third-order valence-electron chi connectivity index (χ3n) is 26.0. The number of nitrogens with two attached hydrogens (primary N) is 1. The monoisotopic (exact) mass is 2050 g/mol. The van der Waals surface area contributed by atoms with Gasteiger partial charge < -0.3 is 173 Å². The molecule has 9 aliphatic rings. The Bertz CT molecular complexity index is 5820. The van der Waals surface area contributed by atoms with Crippen LogP contribution in [0.2, 0.25) is 10.0 Å². The Kier molecular flexibility index (Phi) is 35.8. The third kappa shape index (κ3) is 25.0. The summed E-state index contributed by atoms with van der Waals surface area (Å²) in [5, 5.41) is 185. The summed E-state index contributed by atoms with van der Waals surface area (Å²) in [7, 11) is 0. The van der Waals surface area contributed by atoms with Crippen molar-refractivity contribution in [3.8, 4) is 80.1 Å². The molecule has 0 aliphatic carbocycles. The summed E-state index contributed by atoms with van der Waals surface area (Å²) in [6.45, 7) is 7.79. The van der Waals surface area contributed by atoms with Crippen molar-refractivity contribution in [1.29, 1.82) is 0 Å². The molecule has 3 saturated heterocycles. The molecule has 45 heteroatoms. The average Bonchev–Trinajstić information content (AvgIpc) is 0.751. The van der Waals surface area contributed by atoms with E-state index in [1.807, 2.05) is 13.8 Å². The number of aromatic hydroxyl groups is 4. The topological polar surface area (TPSA) is 657 Å². The number of hydrogen-bond donors (Lipinski definition) is 24. The molecule has 9 amide bonds. The molecule has 0 radical (unpaired) electrons. The molecule has 17 bridgehead atoms. The quantitative estimate of drug-likeness (QED) is 0.0299. The lowest BCUT2D eigenvalue weighted by molar-refractivity contribution is -0.284. The highest BCUT2D eigenvalue weighted by Gasteiger charge is 2.53. The molecule has 23 atom stereocenters. The Morgan fingerprint density at radius 1 is 0.500 bits per heavy atom. The van der Waals surface area contributed by atoms with E-state index in [9.17, 15) is 85.9 Å². The second-order valence-corrected chi connectivity index (χ2v) is 37.9. The maximum atomic E-state index is 17.3. The van der Waals surface area contributed by atoms with Crippen LogP contribution < -0.4 is 77.3 Å². The first-order chi connectivity index (χ1) is 68.8. The standard InChI is InChI=1S/C99H121Cl2N11O32/c1-6-8-26-112(27-9-7-2)28-14-25-103-92(131)77-56-39-53(118)40-65(139-99-87(128)86(127)83(124)70(43-115)142-99)72(56)55-33-48(19-21-60(55)119)74-93(132)111-80(96(135)110-77)88(143-97-78(104-45(5)116)84(125)81(122)68(41-113)140-97)49-20-24-63(58(101)34-49)138-67-37-51-36-66(89(67)144-98-79(85(126)82(123)69(42-114)141-98)106-71(121)16-13-11-10-12-15-44(3)4)137-62-23-17-46(29-57(62)100)30-59-90(129)107-75(94(133)109-76(51)95(134)108-74)50-31-52(117)38-54(32-50)136-64-35-47(18-22-61(64)120)73(102)91(130)105-59/h17-24,29,31-40,44,59,68-70,73-88,97-99,113-115,117-120,122-128H,6-16,25-28,30,41-43,102H2,1-5H3,(H,103,131)(H,104,116)(H,105,130)(H,106,121)(H,107,129)(H,108,134)(H,109,133)(H,110,135)(H,111,132)/t59-,68+,69+,70-,73-,74-,75+,76-,77+,78+,79+,80+,81-,82-,83-,84-,85-,86-,87+,88-,97+,98+,99+/m1/s1. The summed E-state index contributed by atoms with van der Waals surface area (Å²) >= 11 is 14.9. The van der Waals surface area contributed by atoms with E-state index in [0.29, 0.717) is 38.4 Å². The molecule has 3 fully saturated rings. The number of phenolic OH excluding ortho intramolecular Hbond substituents is 4. The third-order valence-corrected chi connectivity index (χ3v) is 26.6. The zero-order valence-electron chi connectivity index (χ0n) is 79.2. The molecule has 778 valence electrons. The second kappa shape index (κ2) is 47.8. The minimum absolute atomic E-state index is 0.0349. The molecule has 0 spiro atoms. The first kappa shape index (κ1) is 108. The van der Waals surface area contributed by atoms with Crippen LogP contribution in [0.25, 0.3) is 11.1 Å². The van der Waals surface area contributed by atoms with Gasteiger partial charge in [-0.15, -0.1) is 0 Å². The van der Waals surface area contributed by atoms with E-state index in [-0.39, 0.29) is 63.9 Å². The van der Waals surface area contributed by atoms with Crippen molar-refractivity contribution >= 4 is 76.4 Å². The van der Waals surface area contributed by atoms with E-state index < -0.39 is 304 Å². The van der Waals surface area contributed by atoms with Crippen molar-refractivity contribution in [3.05, 3.63) is 164 Å². The van der Waals surface area contributed by atoms with E-state index in [2.05, 4.69) is 66.6 Å². The predicted octanol–water partition coefficient (Wildman–Crippen LogP) is 3.34. The smallest absolute Gasteiger partial charge is 0.248 e. The summed E-state index contributed by atoms with van der Waals surface area (Å²) in [5.41, 5.74) is 3.50. The molecule has 16 rings (SSSR count). The summed E-state index contributed by atoms with van der Waals surface area (Å²) in [5.74, 6) is -17.5. The first-order valence-electron chi connectivity index (χ1n) is 47.7. The van der Waals surface area contributed by atoms with Crippen molar-refractivity contribution in [2.24, 2.45) is 11.7 Å². The number of unbranched alkanes of at least 4 members (excludes halogenated alkanes) is 5. The van der Waals surface area contributed by atoms with Crippen LogP contribution in [0, 0.1) is 5.92 Å². The number of carbonyl (C=O) groups excluding carboxylic acids is 9. The molecule has 7 aromatic carbocycles. The van der Waals surface area contributed by atoms with Gasteiger partial charge in [-0.3, -0.25) is 43.2 Å². The van der Waals surface area contributed by atoms with Gasteiger partial charge in [0.25, 0.3) is 0 Å². The Hall–Kier alpha value is -12.1. The van der Waals surface area contributed by atoms with Gasteiger partial charge in [0.15, 0.2) is 29.3 Å². The maximum Gasteiger partial charge on any atom is 0.248 e. The number of phenols is 4. The van der Waals surface area contributed by atoms with Gasteiger partial charge in [-0.25, -0.2) is 0 Å². The fourth-order valence-electron chi connectivity index (χ4n) is 18.2. The number of halogens is 2. The van der Waals surface area contributed by atoms with Crippen LogP contribution in [0.15, 0.2) is 115 Å². The van der Waals surface area contributed by atoms with E-state index in [4.69, 9.17) is 71.6 Å². The number of benzene rings is 7. The SMILES string of the molecule is CCCCN(CCCC)CCCNC(=O)[C@H]1NC(=O)[C@H]2NC(=O)[C@H](NC(=O)[C@@H]3NC(=O)[C@H]4NC(=O)[C@@H](Cc5ccc(c(Cl)c5)Oc5cc3cc(c5O[C@@H]3O[C@@H](CO)[C@@H](O)[C@H](O)[C@@H]3NC(=O)CCCCCCC(C)C)Oc3ccc(cc3Cl)[C@H]2O[C@@H]2O[C@@H](CO)[C@@H](O)[C@H](O)[C@@H]2NC(C)=O)NC(=O)[C@H](N)c2ccc(O)c(c2)Oc2cc(O)cc4c2)c2ccc(O)c(c2)-c2c(O[C@H]3O[C@H](CO)[C@@H](O)[C@@H](O)[C@@H]3O)cc(O)cc21. The molecule has 9 aliphatic heterocycles. The largest absolute Gasteiger partial charge is 0.508 e. The van der Waals surface area contributed by atoms with Gasteiger partial charge in [-0.1, -0.05) is 114 Å². The van der Waals surface area contributed by atoms with Crippen LogP contribution in [-0.2, 0) is 68.5 Å². The molecule has 144 heavy (non-hydrogen) atoms. The van der Waals surface area contributed by atoms with Gasteiger partial charge in [-0.05, 0) is 169 Å². The van der Waals surface area contributed by atoms with Crippen LogP contribution in [0.5, 0.6) is 69.0 Å². The van der Waals surface area contributed by atoms with E-state index >= 15 is 28.8 Å². The highest BCUT2D eigenvalue weighted by atomic mass is 35.5. The number of nitrogens with one attached hydrogen (secondary N) is 9. The summed E-state index contributed by atoms with van der Waals surface area (Å²) in [6, 6.07) is 2.12. The lowest BCUT2D eigenvalue weighted by Gasteiger charge is -2.44. The second-order valence-electron chi connectivity index (χ2n) is 37.0. The first-order valence-corrected chi connectivity index (χ1v) is 48.5. The van der Waals surface area contributed by atoms with Crippen molar-refractivity contribution in [2.75, 3.05) is 46.0 Å². The van der Waals surface area contributed by atoms with Gasteiger partial charge in [0, 0.05) is 49.6 Å². The van der Waals surface area contributed by atoms with Gasteiger partial charge in [0.05, 0.1) is 29.9 Å². The summed E-state index contributed by atoms with van der Waals surface area (Å²) in [4.78, 5) is 144. The molecule has 7 aromatic rings. The number of aliphatic hydroxyl groups excluding tert-OH is 10. The van der Waals surface area contributed by atoms with Gasteiger partial charge >= 0.3 is 0 Å². The summed E-state index contributed by atoms with van der Waals surface area (Å²) in [6.07, 6.45) is -22.0. The summed E-state index contributed by atoms with van der Waals surface area (Å²) < 4.78 is 58.6. The van der Waals surface area contributed by atoms with Crippen LogP contribution in [-0.4, -0.2) is 280 Å². The number of nitrogens with zero attached hydrogens (tertiary/aromatic N) is 1. The normalized spacial score (nSPS) is 27.5. The van der Waals surface area contributed by atoms with Crippen molar-refractivity contribution < 1.29 is 157 Å². The van der Waals surface area contributed by atoms with Crippen LogP contribution in [0.3, 0.4) is 0 Å². The number of ether oxygens (including phenoxy) is 9. The fourth-order valence-corrected chi connectivity index (χ4v) is 18.7. The zero-order chi connectivity index (χ0) is 104. The maximum absolute atomic E-state index is 17.3. The molecule has 0 saturated carbocycles. The lowest BCUT2D eigenvalue weighted by atomic mass is 9.89. The predicted molar refractivity (Wildman–Crippen MR) is 509 cm³/mol. The van der Waals surface area contributed by atoms with Gasteiger partial charge in [-0.2, -0.15) is 0 Å². The molecular formula is C99H121Cl2N11O32. The number of rotatable bonds is 29. The lowest BCUT2D eigenvalue weighted by Crippen LogP contribution is -2.65. The molecule has 0 aromatic heterocycles. The highest BCUT2D eigenvalue weighted by molar-refractivity contribution is 6.32. The molecule has 9 heterocycles. The van der Waals surface area contributed by atoms with Crippen LogP contribution in [0.1, 0.15) is 181 Å². The number of aliphatic hydroxyl groups is 10. The Labute approximate surface area is 836 Å². The van der Waals surface area contributed by atoms with Crippen molar-refractivity contribution in [2.45, 2.75) is 252 Å². The number of fused-ring (bicyclic) bond motifs is 14. The minimum atomic E-state index is -2.52. The average molecular weight is 2050 g/mol. The van der Waals surface area contributed by atoms with E-state index in [1.54, 1.807) is 0 Å². The Morgan fingerprint density at radius 2 is 1.06 bits per heavy atom. The van der Waals surface area contributed by atoms with Crippen molar-refractivity contribution in [3.63, 3.8) is 0 Å². The number of hydrogen-bond acceptors (Lipinski definition) is 34.